The summed E-state index contributed by atoms with van der Waals surface area (Å²) in [6.07, 6.45) is 0. The van der Waals surface area contributed by atoms with E-state index in [0.717, 1.165) is 9.87 Å². The number of nitrogens with zero attached hydrogens (tertiary/aromatic N) is 1. The Morgan fingerprint density at radius 1 is 0.756 bits per heavy atom. The molecule has 0 aliphatic carbocycles. The Labute approximate surface area is 254 Å². The van der Waals surface area contributed by atoms with Gasteiger partial charge in [-0.3, -0.25) is 13.8 Å². The molecule has 0 aliphatic rings. The highest BCUT2D eigenvalue weighted by atomic mass is 35.5. The van der Waals surface area contributed by atoms with E-state index in [1.165, 1.54) is 54.6 Å². The maximum absolute atomic E-state index is 13.6. The van der Waals surface area contributed by atoms with Crippen molar-refractivity contribution in [3.8, 4) is 0 Å². The molecule has 1 amide bonds. The molecular formula is C28H24Cl3N3O5S2. The SMILES string of the molecule is Cc1ccc(S(=O)(=O)N(CC(=O)Nc2ccc(S(=O)(=O)Nc3cccc(Cl)c3C)cc2)c2ccc(Cl)c(Cl)c2)cc1. The van der Waals surface area contributed by atoms with Crippen LogP contribution in [-0.2, 0) is 24.8 Å². The van der Waals surface area contributed by atoms with Crippen LogP contribution in [0.2, 0.25) is 15.1 Å². The number of rotatable bonds is 9. The number of anilines is 3. The third-order valence-corrected chi connectivity index (χ3v) is 10.4. The van der Waals surface area contributed by atoms with E-state index in [1.54, 1.807) is 37.3 Å². The van der Waals surface area contributed by atoms with Crippen LogP contribution in [-0.4, -0.2) is 29.3 Å². The zero-order valence-corrected chi connectivity index (χ0v) is 25.6. The molecule has 0 saturated heterocycles. The smallest absolute Gasteiger partial charge is 0.264 e. The van der Waals surface area contributed by atoms with Gasteiger partial charge in [0.25, 0.3) is 20.0 Å². The number of hydrogen-bond acceptors (Lipinski definition) is 5. The Hall–Kier alpha value is -3.28. The zero-order chi connectivity index (χ0) is 29.9. The predicted molar refractivity (Wildman–Crippen MR) is 164 cm³/mol. The Bertz CT molecular complexity index is 1810. The fraction of sp³-hybridized carbons (Fsp3) is 0.107. The van der Waals surface area contributed by atoms with E-state index in [2.05, 4.69) is 10.0 Å². The van der Waals surface area contributed by atoms with E-state index >= 15 is 0 Å². The fourth-order valence-electron chi connectivity index (χ4n) is 3.76. The van der Waals surface area contributed by atoms with Crippen LogP contribution in [0.3, 0.4) is 0 Å². The number of carbonyl (C=O) groups is 1. The molecule has 0 radical (unpaired) electrons. The van der Waals surface area contributed by atoms with Crippen LogP contribution in [0.1, 0.15) is 11.1 Å². The van der Waals surface area contributed by atoms with Crippen molar-refractivity contribution in [3.05, 3.63) is 111 Å². The van der Waals surface area contributed by atoms with Gasteiger partial charge in [-0.1, -0.05) is 58.6 Å². The largest absolute Gasteiger partial charge is 0.325 e. The fourth-order valence-corrected chi connectivity index (χ4v) is 6.77. The van der Waals surface area contributed by atoms with Crippen LogP contribution >= 0.6 is 34.8 Å². The molecule has 13 heteroatoms. The number of nitrogens with one attached hydrogen (secondary N) is 2. The van der Waals surface area contributed by atoms with Crippen molar-refractivity contribution in [2.75, 3.05) is 20.9 Å². The van der Waals surface area contributed by atoms with Crippen molar-refractivity contribution < 1.29 is 21.6 Å². The summed E-state index contributed by atoms with van der Waals surface area (Å²) in [4.78, 5) is 13.0. The van der Waals surface area contributed by atoms with E-state index in [9.17, 15) is 21.6 Å². The summed E-state index contributed by atoms with van der Waals surface area (Å²) >= 11 is 18.3. The third-order valence-electron chi connectivity index (χ3n) is 6.05. The van der Waals surface area contributed by atoms with E-state index in [0.29, 0.717) is 16.3 Å². The van der Waals surface area contributed by atoms with Gasteiger partial charge in [-0.25, -0.2) is 16.8 Å². The van der Waals surface area contributed by atoms with Gasteiger partial charge in [0.05, 0.1) is 31.2 Å². The van der Waals surface area contributed by atoms with Crippen molar-refractivity contribution in [1.29, 1.82) is 0 Å². The van der Waals surface area contributed by atoms with Crippen molar-refractivity contribution >= 4 is 77.8 Å². The monoisotopic (exact) mass is 651 g/mol. The highest BCUT2D eigenvalue weighted by molar-refractivity contribution is 7.93. The van der Waals surface area contributed by atoms with E-state index in [4.69, 9.17) is 34.8 Å². The summed E-state index contributed by atoms with van der Waals surface area (Å²) < 4.78 is 56.3. The molecule has 0 heterocycles. The maximum Gasteiger partial charge on any atom is 0.264 e. The molecule has 0 aromatic heterocycles. The minimum absolute atomic E-state index is 0.0148. The normalized spacial score (nSPS) is 11.6. The van der Waals surface area contributed by atoms with Gasteiger partial charge >= 0.3 is 0 Å². The predicted octanol–water partition coefficient (Wildman–Crippen LogP) is 6.90. The molecule has 0 saturated carbocycles. The molecule has 4 rings (SSSR count). The second kappa shape index (κ2) is 12.3. The van der Waals surface area contributed by atoms with E-state index in [-0.39, 0.29) is 31.2 Å². The number of hydrogen-bond donors (Lipinski definition) is 2. The number of aryl methyl sites for hydroxylation is 1. The minimum atomic E-state index is -4.18. The van der Waals surface area contributed by atoms with Crippen LogP contribution < -0.4 is 14.3 Å². The van der Waals surface area contributed by atoms with Crippen LogP contribution in [0, 0.1) is 13.8 Å². The van der Waals surface area contributed by atoms with Gasteiger partial charge in [0.15, 0.2) is 0 Å². The third kappa shape index (κ3) is 7.14. The number of sulfonamides is 2. The first-order chi connectivity index (χ1) is 19.3. The van der Waals surface area contributed by atoms with Crippen LogP contribution in [0.5, 0.6) is 0 Å². The molecule has 214 valence electrons. The minimum Gasteiger partial charge on any atom is -0.325 e. The highest BCUT2D eigenvalue weighted by Gasteiger charge is 2.28. The van der Waals surface area contributed by atoms with Gasteiger partial charge < -0.3 is 5.32 Å². The van der Waals surface area contributed by atoms with Gasteiger partial charge in [-0.2, -0.15) is 0 Å². The lowest BCUT2D eigenvalue weighted by Crippen LogP contribution is -2.38. The Kier molecular flexibility index (Phi) is 9.20. The lowest BCUT2D eigenvalue weighted by atomic mass is 10.2. The molecule has 0 bridgehead atoms. The van der Waals surface area contributed by atoms with Crippen molar-refractivity contribution in [2.45, 2.75) is 23.6 Å². The van der Waals surface area contributed by atoms with Gasteiger partial charge in [-0.05, 0) is 86.1 Å². The van der Waals surface area contributed by atoms with Crippen molar-refractivity contribution in [1.82, 2.24) is 0 Å². The highest BCUT2D eigenvalue weighted by Crippen LogP contribution is 2.31. The van der Waals surface area contributed by atoms with Gasteiger partial charge in [0.1, 0.15) is 6.54 Å². The molecule has 41 heavy (non-hydrogen) atoms. The summed E-state index contributed by atoms with van der Waals surface area (Å²) in [5.74, 6) is -0.671. The molecular weight excluding hydrogens is 629 g/mol. The van der Waals surface area contributed by atoms with Crippen LogP contribution in [0.15, 0.2) is 94.7 Å². The molecule has 4 aromatic rings. The first-order valence-corrected chi connectivity index (χ1v) is 16.1. The average molecular weight is 653 g/mol. The molecule has 0 fully saturated rings. The standard InChI is InChI=1S/C28H24Cl3N3O5S2/c1-18-6-11-23(12-7-18)41(38,39)34(21-10-15-25(30)26(31)16-21)17-28(35)32-20-8-13-22(14-9-20)40(36,37)33-27-5-3-4-24(29)19(27)2/h3-16,33H,17H2,1-2H3,(H,32,35). The summed E-state index contributed by atoms with van der Waals surface area (Å²) in [7, 11) is -8.12. The number of benzene rings is 4. The molecule has 2 N–H and O–H groups in total. The lowest BCUT2D eigenvalue weighted by molar-refractivity contribution is -0.114. The second-order valence-corrected chi connectivity index (χ2v) is 13.8. The summed E-state index contributed by atoms with van der Waals surface area (Å²) in [5, 5.41) is 3.37. The molecule has 0 aliphatic heterocycles. The number of halogens is 3. The first-order valence-electron chi connectivity index (χ1n) is 12.0. The molecule has 0 spiro atoms. The Morgan fingerprint density at radius 3 is 2.02 bits per heavy atom. The molecule has 0 unspecified atom stereocenters. The topological polar surface area (TPSA) is 113 Å². The molecule has 8 nitrogen and oxygen atoms in total. The van der Waals surface area contributed by atoms with Crippen LogP contribution in [0.25, 0.3) is 0 Å². The summed E-state index contributed by atoms with van der Waals surface area (Å²) in [6.45, 7) is 2.93. The van der Waals surface area contributed by atoms with Crippen molar-refractivity contribution in [3.63, 3.8) is 0 Å². The van der Waals surface area contributed by atoms with Crippen molar-refractivity contribution in [2.24, 2.45) is 0 Å². The quantitative estimate of drug-likeness (QED) is 0.204. The Balaban J connectivity index is 1.55. The first kappa shape index (κ1) is 30.7. The van der Waals surface area contributed by atoms with Gasteiger partial charge in [0.2, 0.25) is 5.91 Å². The zero-order valence-electron chi connectivity index (χ0n) is 21.7. The van der Waals surface area contributed by atoms with E-state index < -0.39 is 32.5 Å². The van der Waals surface area contributed by atoms with Gasteiger partial charge in [-0.15, -0.1) is 0 Å². The van der Waals surface area contributed by atoms with E-state index in [1.807, 2.05) is 6.92 Å². The number of carbonyl (C=O) groups excluding carboxylic acids is 1. The van der Waals surface area contributed by atoms with Gasteiger partial charge in [0, 0.05) is 10.7 Å². The summed E-state index contributed by atoms with van der Waals surface area (Å²) in [6, 6.07) is 20.8. The Morgan fingerprint density at radius 2 is 1.39 bits per heavy atom. The summed E-state index contributed by atoms with van der Waals surface area (Å²) in [5.41, 5.74) is 2.18. The molecule has 4 aromatic carbocycles. The number of amides is 1. The van der Waals surface area contributed by atoms with Crippen LogP contribution in [0.4, 0.5) is 17.1 Å². The average Bonchev–Trinajstić information content (AvgIpc) is 2.92. The second-order valence-electron chi connectivity index (χ2n) is 9.01. The molecule has 0 atom stereocenters. The lowest BCUT2D eigenvalue weighted by Gasteiger charge is -2.24. The maximum atomic E-state index is 13.6.